The minimum Gasteiger partial charge on any atom is -0.508 e. The van der Waals surface area contributed by atoms with Crippen LogP contribution in [-0.4, -0.2) is 38.3 Å². The van der Waals surface area contributed by atoms with Crippen molar-refractivity contribution in [3.05, 3.63) is 250 Å². The number of nitro groups is 1. The lowest BCUT2D eigenvalue weighted by Crippen LogP contribution is -2.00. The van der Waals surface area contributed by atoms with Gasteiger partial charge in [-0.3, -0.25) is 19.7 Å². The number of anilines is 1. The monoisotopic (exact) mass is 1010 g/mol. The highest BCUT2D eigenvalue weighted by atomic mass is 79.9. The van der Waals surface area contributed by atoms with Gasteiger partial charge in [-0.1, -0.05) is 155 Å². The van der Waals surface area contributed by atoms with Gasteiger partial charge < -0.3 is 20.3 Å². The van der Waals surface area contributed by atoms with Crippen LogP contribution in [0.4, 0.5) is 17.3 Å². The van der Waals surface area contributed by atoms with Crippen molar-refractivity contribution in [1.29, 1.82) is 0 Å². The van der Waals surface area contributed by atoms with E-state index in [0.29, 0.717) is 24.3 Å². The largest absolute Gasteiger partial charge is 0.508 e. The highest BCUT2D eigenvalue weighted by Crippen LogP contribution is 2.27. The topological polar surface area (TPSA) is 180 Å². The second-order valence-corrected chi connectivity index (χ2v) is 14.5. The van der Waals surface area contributed by atoms with Gasteiger partial charge in [0.05, 0.1) is 10.6 Å². The third kappa shape index (κ3) is 20.7. The number of carbonyl (C=O) groups is 2. The number of pyridine rings is 2. The normalized spacial score (nSPS) is 9.87. The lowest BCUT2D eigenvalue weighted by Gasteiger charge is -2.07. The molecule has 2 aromatic heterocycles. The Bertz CT molecular complexity index is 2730. The number of nitrogen functional groups attached to an aromatic ring is 1. The van der Waals surface area contributed by atoms with Gasteiger partial charge in [-0.25, -0.2) is 15.0 Å². The van der Waals surface area contributed by atoms with E-state index < -0.39 is 4.92 Å². The van der Waals surface area contributed by atoms with Crippen molar-refractivity contribution in [2.24, 2.45) is 4.99 Å². The summed E-state index contributed by atoms with van der Waals surface area (Å²) in [5.74, 6) is 2.69. The maximum atomic E-state index is 10.5. The molecule has 3 N–H and O–H groups in total. The molecule has 0 atom stereocenters. The predicted octanol–water partition coefficient (Wildman–Crippen LogP) is 14.3. The van der Waals surface area contributed by atoms with Gasteiger partial charge in [-0.05, 0) is 95.1 Å². The molecule has 364 valence electrons. The molecule has 70 heavy (non-hydrogen) atoms. The molecule has 0 aliphatic carbocycles. The summed E-state index contributed by atoms with van der Waals surface area (Å²) in [6, 6.07) is 58.5. The standard InChI is InChI=1S/C20H16N2O.C14H12O2.C7H7Br.C7H6O2.C5H5N3O2.4CH4/c1-2-5-15(6-3-1)14-23-18-10-8-16(9-11-18)19-13-17-7-4-12-21-20(17)22-19;15-10-12-6-8-13(9-7-12)11-16-14-4-2-1-3-5-14;8-6-7-4-2-1-3-5-7;8-5-6-1-3-7(9)4-2-6;6-5-4(8(9)10)2-1-3-7-5;;;;/h1-12H,13-14H2;1-10H,11H2;1-5H,6H2;1-5,9H;1-3H,(H2,6,7);4*1H4. The molecule has 0 bridgehead atoms. The number of para-hydroxylation sites is 1. The molecule has 0 spiro atoms. The maximum absolute atomic E-state index is 10.5. The molecule has 13 heteroatoms. The zero-order valence-electron chi connectivity index (χ0n) is 35.7. The van der Waals surface area contributed by atoms with E-state index in [-0.39, 0.29) is 47.0 Å². The number of fused-ring (bicyclic) bond motifs is 1. The molecule has 12 nitrogen and oxygen atoms in total. The van der Waals surface area contributed by atoms with Crippen molar-refractivity contribution in [2.45, 2.75) is 54.7 Å². The first-order chi connectivity index (χ1) is 32.2. The molecule has 0 radical (unpaired) electrons. The number of phenols is 1. The van der Waals surface area contributed by atoms with Crippen LogP contribution in [-0.2, 0) is 25.0 Å². The van der Waals surface area contributed by atoms with Crippen molar-refractivity contribution in [1.82, 2.24) is 9.97 Å². The van der Waals surface area contributed by atoms with E-state index in [9.17, 15) is 19.7 Å². The average Bonchev–Trinajstić information content (AvgIpc) is 3.82. The number of hydrogen-bond donors (Lipinski definition) is 2. The number of nitrogens with two attached hydrogens (primary N) is 1. The molecular formula is C57H62BrN5O7. The number of ether oxygens (including phenoxy) is 2. The van der Waals surface area contributed by atoms with Crippen LogP contribution in [0, 0.1) is 10.1 Å². The Kier molecular flexibility index (Phi) is 28.4. The number of aliphatic imine (C=N–C) groups is 1. The van der Waals surface area contributed by atoms with E-state index in [2.05, 4.69) is 73.4 Å². The smallest absolute Gasteiger partial charge is 0.311 e. The number of aromatic hydroxyl groups is 1. The summed E-state index contributed by atoms with van der Waals surface area (Å²) in [5.41, 5.74) is 13.2. The fourth-order valence-corrected chi connectivity index (χ4v) is 6.10. The van der Waals surface area contributed by atoms with Crippen LogP contribution in [0.25, 0.3) is 0 Å². The number of nitrogens with zero attached hydrogens (tertiary/aromatic N) is 4. The quantitative estimate of drug-likeness (QED) is 0.0548. The van der Waals surface area contributed by atoms with Crippen LogP contribution >= 0.6 is 15.9 Å². The number of aldehydes is 2. The number of halogens is 1. The highest BCUT2D eigenvalue weighted by molar-refractivity contribution is 9.08. The summed E-state index contributed by atoms with van der Waals surface area (Å²) in [7, 11) is 0. The maximum Gasteiger partial charge on any atom is 0.311 e. The van der Waals surface area contributed by atoms with Crippen molar-refractivity contribution in [3.63, 3.8) is 0 Å². The second-order valence-electron chi connectivity index (χ2n) is 14.0. The molecule has 1 aliphatic rings. The van der Waals surface area contributed by atoms with Crippen molar-refractivity contribution in [2.75, 3.05) is 5.73 Å². The van der Waals surface area contributed by atoms with Crippen LogP contribution in [0.15, 0.2) is 205 Å². The molecule has 0 saturated carbocycles. The minimum atomic E-state index is -0.567. The Labute approximate surface area is 420 Å². The van der Waals surface area contributed by atoms with E-state index in [0.717, 1.165) is 58.5 Å². The Balaban J connectivity index is 0.000000459. The van der Waals surface area contributed by atoms with Crippen molar-refractivity contribution < 1.29 is 29.1 Å². The van der Waals surface area contributed by atoms with E-state index in [1.807, 2.05) is 97.1 Å². The van der Waals surface area contributed by atoms with E-state index >= 15 is 0 Å². The second kappa shape index (κ2) is 33.2. The number of phenolic OH excluding ortho intramolecular Hbond substituents is 1. The number of rotatable bonds is 11. The first-order valence-electron chi connectivity index (χ1n) is 20.4. The van der Waals surface area contributed by atoms with Gasteiger partial charge in [-0.15, -0.1) is 0 Å². The van der Waals surface area contributed by atoms with Gasteiger partial charge in [0, 0.05) is 46.9 Å². The number of hydrogen-bond acceptors (Lipinski definition) is 11. The van der Waals surface area contributed by atoms with Gasteiger partial charge in [-0.2, -0.15) is 0 Å². The molecule has 1 aliphatic heterocycles. The number of carbonyl (C=O) groups excluding carboxylic acids is 2. The molecule has 3 heterocycles. The van der Waals surface area contributed by atoms with E-state index in [1.54, 1.807) is 30.5 Å². The average molecular weight is 1010 g/mol. The molecule has 6 aromatic carbocycles. The van der Waals surface area contributed by atoms with Crippen molar-refractivity contribution >= 4 is 51.5 Å². The van der Waals surface area contributed by atoms with E-state index in [4.69, 9.17) is 20.3 Å². The summed E-state index contributed by atoms with van der Waals surface area (Å²) < 4.78 is 11.4. The van der Waals surface area contributed by atoms with Crippen molar-refractivity contribution in [3.8, 4) is 17.2 Å². The lowest BCUT2D eigenvalue weighted by molar-refractivity contribution is -0.384. The SMILES string of the molecule is BrCc1ccccc1.C.C.C.C.Nc1ncccc1[N+](=O)[O-].O=Cc1ccc(COc2ccccc2)cc1.O=Cc1ccc(O)cc1.c1ccc(COc2ccc(C3=Nc4ncccc4C3)cc2)cc1. The summed E-state index contributed by atoms with van der Waals surface area (Å²) in [6.45, 7) is 1.10. The molecule has 9 rings (SSSR count). The first kappa shape index (κ1) is 59.7. The summed E-state index contributed by atoms with van der Waals surface area (Å²) in [5, 5.41) is 19.8. The Morgan fingerprint density at radius 3 is 1.53 bits per heavy atom. The molecule has 0 fully saturated rings. The van der Waals surface area contributed by atoms with Crippen LogP contribution < -0.4 is 15.2 Å². The van der Waals surface area contributed by atoms with Gasteiger partial charge in [0.25, 0.3) is 0 Å². The third-order valence-corrected chi connectivity index (χ3v) is 9.85. The molecule has 8 aromatic rings. The summed E-state index contributed by atoms with van der Waals surface area (Å²) in [4.78, 5) is 42.5. The van der Waals surface area contributed by atoms with E-state index in [1.165, 1.54) is 47.2 Å². The Morgan fingerprint density at radius 2 is 1.06 bits per heavy atom. The molecule has 0 saturated heterocycles. The zero-order chi connectivity index (χ0) is 46.8. The molecule has 0 unspecified atom stereocenters. The van der Waals surface area contributed by atoms with Gasteiger partial charge in [0.15, 0.2) is 5.82 Å². The Morgan fingerprint density at radius 1 is 0.586 bits per heavy atom. The molecular weight excluding hydrogens is 947 g/mol. The van der Waals surface area contributed by atoms with Crippen LogP contribution in [0.5, 0.6) is 17.2 Å². The number of benzene rings is 6. The summed E-state index contributed by atoms with van der Waals surface area (Å²) >= 11 is 3.36. The highest BCUT2D eigenvalue weighted by Gasteiger charge is 2.16. The van der Waals surface area contributed by atoms with Crippen LogP contribution in [0.2, 0.25) is 0 Å². The Hall–Kier alpha value is -8.29. The van der Waals surface area contributed by atoms with Gasteiger partial charge in [0.2, 0.25) is 5.82 Å². The first-order valence-corrected chi connectivity index (χ1v) is 21.6. The summed E-state index contributed by atoms with van der Waals surface area (Å²) in [6.07, 6.45) is 5.60. The number of aromatic nitrogens is 2. The van der Waals surface area contributed by atoms with Crippen LogP contribution in [0.1, 0.15) is 78.2 Å². The predicted molar refractivity (Wildman–Crippen MR) is 289 cm³/mol. The zero-order valence-corrected chi connectivity index (χ0v) is 37.3. The van der Waals surface area contributed by atoms with Crippen LogP contribution in [0.3, 0.4) is 0 Å². The number of alkyl halides is 1. The third-order valence-electron chi connectivity index (χ3n) is 9.21. The lowest BCUT2D eigenvalue weighted by atomic mass is 10.1. The fraction of sp³-hybridized carbons (Fsp3) is 0.140. The van der Waals surface area contributed by atoms with Gasteiger partial charge >= 0.3 is 5.69 Å². The fourth-order valence-electron chi connectivity index (χ4n) is 5.73. The van der Waals surface area contributed by atoms with Gasteiger partial charge in [0.1, 0.15) is 43.0 Å². The minimum absolute atomic E-state index is 0. The molecule has 0 amide bonds.